The lowest BCUT2D eigenvalue weighted by Gasteiger charge is -2.09. The van der Waals surface area contributed by atoms with Crippen LogP contribution in [0.1, 0.15) is 5.56 Å². The molecular weight excluding hydrogens is 196 g/mol. The van der Waals surface area contributed by atoms with Crippen LogP contribution < -0.4 is 9.47 Å². The molecule has 1 heterocycles. The van der Waals surface area contributed by atoms with Gasteiger partial charge in [-0.3, -0.25) is 0 Å². The number of furan rings is 1. The van der Waals surface area contributed by atoms with Gasteiger partial charge in [0.15, 0.2) is 11.3 Å². The average Bonchev–Trinajstić information content (AvgIpc) is 2.75. The quantitative estimate of drug-likeness (QED) is 0.837. The summed E-state index contributed by atoms with van der Waals surface area (Å²) in [5.74, 6) is 1.22. The van der Waals surface area contributed by atoms with E-state index >= 15 is 0 Å². The van der Waals surface area contributed by atoms with E-state index in [0.29, 0.717) is 22.6 Å². The van der Waals surface area contributed by atoms with Crippen molar-refractivity contribution in [2.24, 2.45) is 0 Å². The first-order chi connectivity index (χ1) is 7.31. The molecule has 2 aromatic rings. The Bertz CT molecular complexity index is 473. The lowest BCUT2D eigenvalue weighted by Crippen LogP contribution is -1.94. The van der Waals surface area contributed by atoms with Crippen LogP contribution in [0.15, 0.2) is 22.8 Å². The Morgan fingerprint density at radius 1 is 1.33 bits per heavy atom. The number of hydrogen-bond donors (Lipinski definition) is 1. The number of ether oxygens (including phenoxy) is 2. The number of aliphatic hydroxyl groups is 1. The smallest absolute Gasteiger partial charge is 0.179 e. The SMILES string of the molecule is COc1c(CO)cc(OC)c2occc12. The van der Waals surface area contributed by atoms with E-state index in [1.807, 2.05) is 0 Å². The molecule has 1 aromatic carbocycles. The molecule has 0 atom stereocenters. The van der Waals surface area contributed by atoms with Gasteiger partial charge in [0, 0.05) is 5.56 Å². The molecular formula is C11H12O4. The van der Waals surface area contributed by atoms with Gasteiger partial charge in [-0.25, -0.2) is 0 Å². The van der Waals surface area contributed by atoms with E-state index in [4.69, 9.17) is 13.9 Å². The third-order valence-corrected chi connectivity index (χ3v) is 2.33. The summed E-state index contributed by atoms with van der Waals surface area (Å²) in [6.07, 6.45) is 1.57. The van der Waals surface area contributed by atoms with Gasteiger partial charge in [-0.05, 0) is 12.1 Å². The van der Waals surface area contributed by atoms with Gasteiger partial charge in [-0.15, -0.1) is 0 Å². The Balaban J connectivity index is 2.78. The molecule has 1 aromatic heterocycles. The summed E-state index contributed by atoms with van der Waals surface area (Å²) in [5.41, 5.74) is 1.31. The van der Waals surface area contributed by atoms with Crippen molar-refractivity contribution in [2.75, 3.05) is 14.2 Å². The fourth-order valence-electron chi connectivity index (χ4n) is 1.65. The molecule has 15 heavy (non-hydrogen) atoms. The highest BCUT2D eigenvalue weighted by Gasteiger charge is 2.14. The summed E-state index contributed by atoms with van der Waals surface area (Å²) in [5, 5.41) is 10.0. The van der Waals surface area contributed by atoms with E-state index in [0.717, 1.165) is 5.39 Å². The average molecular weight is 208 g/mol. The second-order valence-electron chi connectivity index (χ2n) is 3.09. The lowest BCUT2D eigenvalue weighted by atomic mass is 10.1. The zero-order valence-corrected chi connectivity index (χ0v) is 8.61. The molecule has 0 aliphatic rings. The van der Waals surface area contributed by atoms with Crippen molar-refractivity contribution in [3.63, 3.8) is 0 Å². The Kier molecular flexibility index (Phi) is 2.51. The fraction of sp³-hybridized carbons (Fsp3) is 0.273. The first kappa shape index (κ1) is 9.86. The van der Waals surface area contributed by atoms with Crippen LogP contribution in [0.5, 0.6) is 11.5 Å². The van der Waals surface area contributed by atoms with Gasteiger partial charge in [0.25, 0.3) is 0 Å². The number of methoxy groups -OCH3 is 2. The minimum Gasteiger partial charge on any atom is -0.496 e. The van der Waals surface area contributed by atoms with E-state index in [-0.39, 0.29) is 6.61 Å². The van der Waals surface area contributed by atoms with Crippen LogP contribution >= 0.6 is 0 Å². The predicted octanol–water partition coefficient (Wildman–Crippen LogP) is 1.94. The molecule has 4 heteroatoms. The highest BCUT2D eigenvalue weighted by atomic mass is 16.5. The van der Waals surface area contributed by atoms with Gasteiger partial charge < -0.3 is 19.0 Å². The molecule has 0 radical (unpaired) electrons. The first-order valence-electron chi connectivity index (χ1n) is 4.53. The van der Waals surface area contributed by atoms with Crippen LogP contribution in [0.2, 0.25) is 0 Å². The Hall–Kier alpha value is -1.68. The topological polar surface area (TPSA) is 51.8 Å². The third-order valence-electron chi connectivity index (χ3n) is 2.33. The molecule has 0 saturated heterocycles. The Labute approximate surface area is 87.0 Å². The van der Waals surface area contributed by atoms with Crippen molar-refractivity contribution in [1.29, 1.82) is 0 Å². The van der Waals surface area contributed by atoms with Gasteiger partial charge in [0.1, 0.15) is 5.75 Å². The second-order valence-corrected chi connectivity index (χ2v) is 3.09. The lowest BCUT2D eigenvalue weighted by molar-refractivity contribution is 0.273. The van der Waals surface area contributed by atoms with Gasteiger partial charge >= 0.3 is 0 Å². The number of fused-ring (bicyclic) bond motifs is 1. The molecule has 0 bridgehead atoms. The molecule has 4 nitrogen and oxygen atoms in total. The molecule has 80 valence electrons. The Morgan fingerprint density at radius 2 is 2.13 bits per heavy atom. The molecule has 2 rings (SSSR count). The summed E-state index contributed by atoms with van der Waals surface area (Å²) in [6, 6.07) is 3.50. The largest absolute Gasteiger partial charge is 0.496 e. The molecule has 0 aliphatic carbocycles. The van der Waals surface area contributed by atoms with E-state index in [2.05, 4.69) is 0 Å². The summed E-state index contributed by atoms with van der Waals surface area (Å²) in [6.45, 7) is -0.0966. The number of benzene rings is 1. The van der Waals surface area contributed by atoms with E-state index in [9.17, 15) is 5.11 Å². The highest BCUT2D eigenvalue weighted by Crippen LogP contribution is 2.37. The van der Waals surface area contributed by atoms with Gasteiger partial charge in [0.2, 0.25) is 0 Å². The van der Waals surface area contributed by atoms with Crippen LogP contribution in [-0.2, 0) is 6.61 Å². The second kappa shape index (κ2) is 3.82. The molecule has 0 spiro atoms. The summed E-state index contributed by atoms with van der Waals surface area (Å²) in [7, 11) is 3.12. The number of rotatable bonds is 3. The van der Waals surface area contributed by atoms with Crippen molar-refractivity contribution >= 4 is 11.0 Å². The van der Waals surface area contributed by atoms with E-state index in [1.54, 1.807) is 32.6 Å². The van der Waals surface area contributed by atoms with Crippen molar-refractivity contribution < 1.29 is 19.0 Å². The minimum atomic E-state index is -0.0966. The molecule has 0 amide bonds. The Morgan fingerprint density at radius 3 is 2.73 bits per heavy atom. The first-order valence-corrected chi connectivity index (χ1v) is 4.53. The van der Waals surface area contributed by atoms with Gasteiger partial charge in [-0.1, -0.05) is 0 Å². The zero-order valence-electron chi connectivity index (χ0n) is 8.61. The van der Waals surface area contributed by atoms with Crippen molar-refractivity contribution in [2.45, 2.75) is 6.61 Å². The molecule has 0 saturated carbocycles. The van der Waals surface area contributed by atoms with Gasteiger partial charge in [-0.2, -0.15) is 0 Å². The maximum Gasteiger partial charge on any atom is 0.179 e. The van der Waals surface area contributed by atoms with Crippen LogP contribution in [0.25, 0.3) is 11.0 Å². The molecule has 0 fully saturated rings. The van der Waals surface area contributed by atoms with Crippen molar-refractivity contribution in [3.8, 4) is 11.5 Å². The molecule has 0 aliphatic heterocycles. The minimum absolute atomic E-state index is 0.0966. The molecule has 1 N–H and O–H groups in total. The maximum atomic E-state index is 9.20. The van der Waals surface area contributed by atoms with Crippen LogP contribution in [0.4, 0.5) is 0 Å². The monoisotopic (exact) mass is 208 g/mol. The standard InChI is InChI=1S/C11H12O4/c1-13-9-5-7(6-12)10(14-2)8-3-4-15-11(8)9/h3-5,12H,6H2,1-2H3. The third kappa shape index (κ3) is 1.43. The summed E-state index contributed by atoms with van der Waals surface area (Å²) in [4.78, 5) is 0. The van der Waals surface area contributed by atoms with Crippen LogP contribution in [0, 0.1) is 0 Å². The van der Waals surface area contributed by atoms with Gasteiger partial charge in [0.05, 0.1) is 32.5 Å². The van der Waals surface area contributed by atoms with E-state index in [1.165, 1.54) is 0 Å². The highest BCUT2D eigenvalue weighted by molar-refractivity contribution is 5.90. The number of aliphatic hydroxyl groups excluding tert-OH is 1. The summed E-state index contributed by atoms with van der Waals surface area (Å²) < 4.78 is 15.7. The zero-order chi connectivity index (χ0) is 10.8. The normalized spacial score (nSPS) is 10.6. The van der Waals surface area contributed by atoms with Crippen LogP contribution in [0.3, 0.4) is 0 Å². The van der Waals surface area contributed by atoms with Crippen molar-refractivity contribution in [1.82, 2.24) is 0 Å². The van der Waals surface area contributed by atoms with E-state index < -0.39 is 0 Å². The molecule has 0 unspecified atom stereocenters. The van der Waals surface area contributed by atoms with Crippen molar-refractivity contribution in [3.05, 3.63) is 24.0 Å². The summed E-state index contributed by atoms with van der Waals surface area (Å²) >= 11 is 0. The number of hydrogen-bond acceptors (Lipinski definition) is 4. The maximum absolute atomic E-state index is 9.20. The van der Waals surface area contributed by atoms with Crippen LogP contribution in [-0.4, -0.2) is 19.3 Å². The fourth-order valence-corrected chi connectivity index (χ4v) is 1.65. The predicted molar refractivity (Wildman–Crippen MR) is 55.2 cm³/mol.